The van der Waals surface area contributed by atoms with Crippen LogP contribution in [0.25, 0.3) is 0 Å². The van der Waals surface area contributed by atoms with Gasteiger partial charge in [-0.2, -0.15) is 5.26 Å². The number of nitrogens with one attached hydrogen (secondary N) is 2. The van der Waals surface area contributed by atoms with Gasteiger partial charge in [-0.15, -0.1) is 0 Å². The molecule has 0 aromatic heterocycles. The third-order valence-electron chi connectivity index (χ3n) is 7.26. The summed E-state index contributed by atoms with van der Waals surface area (Å²) >= 11 is 0. The second-order valence-corrected chi connectivity index (χ2v) is 10.1. The van der Waals surface area contributed by atoms with Crippen molar-refractivity contribution < 1.29 is 28.8 Å². The van der Waals surface area contributed by atoms with E-state index in [9.17, 15) is 15.2 Å². The van der Waals surface area contributed by atoms with Crippen LogP contribution in [0.1, 0.15) is 61.5 Å². The van der Waals surface area contributed by atoms with Gasteiger partial charge in [0.1, 0.15) is 0 Å². The van der Waals surface area contributed by atoms with Crippen LogP contribution < -0.4 is 29.6 Å². The van der Waals surface area contributed by atoms with Gasteiger partial charge >= 0.3 is 0 Å². The standard InChI is InChI=1S/C31H45N3O6/c1-8-13-34-30(36)25-18-29(40-7)27(38-5)16-22(25)11-14-33-15-12-24(35)19-31(20-32,21(2)3)23-9-10-26(37-4)28(17-23)39-6/h9-10,16-18,21,24,33,35H,8,11-15,19H2,1-7H3,(H,34,36). The number of hydrogen-bond acceptors (Lipinski definition) is 8. The van der Waals surface area contributed by atoms with Crippen LogP contribution in [0.15, 0.2) is 30.3 Å². The molecule has 220 valence electrons. The highest BCUT2D eigenvalue weighted by atomic mass is 16.5. The van der Waals surface area contributed by atoms with Gasteiger partial charge in [-0.1, -0.05) is 26.8 Å². The molecule has 0 heterocycles. The van der Waals surface area contributed by atoms with E-state index in [1.165, 1.54) is 0 Å². The maximum Gasteiger partial charge on any atom is 0.251 e. The number of aliphatic hydroxyl groups excluding tert-OH is 1. The molecule has 0 bridgehead atoms. The highest BCUT2D eigenvalue weighted by Crippen LogP contribution is 2.40. The largest absolute Gasteiger partial charge is 0.493 e. The van der Waals surface area contributed by atoms with Gasteiger partial charge in [-0.05, 0) is 80.1 Å². The van der Waals surface area contributed by atoms with Crippen LogP contribution in [0.4, 0.5) is 0 Å². The van der Waals surface area contributed by atoms with Gasteiger partial charge in [0.25, 0.3) is 5.91 Å². The highest BCUT2D eigenvalue weighted by molar-refractivity contribution is 5.96. The Morgan fingerprint density at radius 3 is 2.15 bits per heavy atom. The number of benzene rings is 2. The molecule has 2 aromatic rings. The number of nitrogens with zero attached hydrogens (tertiary/aromatic N) is 1. The van der Waals surface area contributed by atoms with E-state index in [1.54, 1.807) is 40.6 Å². The first-order valence-corrected chi connectivity index (χ1v) is 13.8. The lowest BCUT2D eigenvalue weighted by Crippen LogP contribution is -2.36. The van der Waals surface area contributed by atoms with Crippen LogP contribution in [-0.4, -0.2) is 65.2 Å². The molecule has 2 unspecified atom stereocenters. The first-order chi connectivity index (χ1) is 19.2. The van der Waals surface area contributed by atoms with Gasteiger partial charge in [0.05, 0.1) is 46.0 Å². The Balaban J connectivity index is 2.06. The van der Waals surface area contributed by atoms with Crippen molar-refractivity contribution in [2.45, 2.75) is 58.0 Å². The summed E-state index contributed by atoms with van der Waals surface area (Å²) in [4.78, 5) is 12.8. The first-order valence-electron chi connectivity index (χ1n) is 13.8. The van der Waals surface area contributed by atoms with Crippen LogP contribution >= 0.6 is 0 Å². The molecule has 0 aliphatic rings. The van der Waals surface area contributed by atoms with Crippen molar-refractivity contribution in [3.05, 3.63) is 47.0 Å². The summed E-state index contributed by atoms with van der Waals surface area (Å²) in [5.41, 5.74) is 1.30. The minimum Gasteiger partial charge on any atom is -0.493 e. The first kappa shape index (κ1) is 32.7. The number of rotatable bonds is 17. The number of ether oxygens (including phenoxy) is 4. The molecule has 40 heavy (non-hydrogen) atoms. The van der Waals surface area contributed by atoms with Crippen molar-refractivity contribution in [3.8, 4) is 29.1 Å². The maximum absolute atomic E-state index is 12.8. The van der Waals surface area contributed by atoms with E-state index < -0.39 is 11.5 Å². The van der Waals surface area contributed by atoms with Crippen molar-refractivity contribution in [1.29, 1.82) is 5.26 Å². The fraction of sp³-hybridized carbons (Fsp3) is 0.548. The summed E-state index contributed by atoms with van der Waals surface area (Å²) in [6.07, 6.45) is 1.49. The summed E-state index contributed by atoms with van der Waals surface area (Å²) in [6.45, 7) is 7.72. The average Bonchev–Trinajstić information content (AvgIpc) is 2.97. The predicted molar refractivity (Wildman–Crippen MR) is 156 cm³/mol. The number of nitriles is 1. The fourth-order valence-corrected chi connectivity index (χ4v) is 4.80. The number of aliphatic hydroxyl groups is 1. The van der Waals surface area contributed by atoms with Gasteiger partial charge in [0.2, 0.25) is 0 Å². The second kappa shape index (κ2) is 15.9. The number of methoxy groups -OCH3 is 4. The van der Waals surface area contributed by atoms with Crippen LogP contribution in [-0.2, 0) is 11.8 Å². The van der Waals surface area contributed by atoms with Gasteiger partial charge < -0.3 is 34.7 Å². The number of hydrogen-bond donors (Lipinski definition) is 3. The topological polar surface area (TPSA) is 122 Å². The van der Waals surface area contributed by atoms with Crippen molar-refractivity contribution in [1.82, 2.24) is 10.6 Å². The van der Waals surface area contributed by atoms with E-state index in [0.717, 1.165) is 17.5 Å². The summed E-state index contributed by atoms with van der Waals surface area (Å²) in [5, 5.41) is 27.5. The molecule has 0 radical (unpaired) electrons. The van der Waals surface area contributed by atoms with Gasteiger partial charge in [-0.3, -0.25) is 4.79 Å². The molecule has 3 N–H and O–H groups in total. The van der Waals surface area contributed by atoms with E-state index in [0.29, 0.717) is 61.0 Å². The quantitative estimate of drug-likeness (QED) is 0.248. The molecule has 2 aromatic carbocycles. The Bertz CT molecular complexity index is 1150. The third-order valence-corrected chi connectivity index (χ3v) is 7.26. The van der Waals surface area contributed by atoms with E-state index in [-0.39, 0.29) is 18.2 Å². The zero-order valence-electron chi connectivity index (χ0n) is 24.9. The Morgan fingerprint density at radius 2 is 1.57 bits per heavy atom. The van der Waals surface area contributed by atoms with E-state index in [4.69, 9.17) is 18.9 Å². The summed E-state index contributed by atoms with van der Waals surface area (Å²) < 4.78 is 21.6. The molecule has 2 rings (SSSR count). The lowest BCUT2D eigenvalue weighted by atomic mass is 9.69. The predicted octanol–water partition coefficient (Wildman–Crippen LogP) is 4.25. The Hall–Kier alpha value is -3.48. The maximum atomic E-state index is 12.8. The minimum absolute atomic E-state index is 0.0412. The van der Waals surface area contributed by atoms with Crippen LogP contribution in [0.2, 0.25) is 0 Å². The lowest BCUT2D eigenvalue weighted by molar-refractivity contribution is 0.0952. The number of carbonyl (C=O) groups excluding carboxylic acids is 1. The summed E-state index contributed by atoms with van der Waals surface area (Å²) in [5.74, 6) is 2.02. The van der Waals surface area contributed by atoms with E-state index >= 15 is 0 Å². The van der Waals surface area contributed by atoms with Crippen molar-refractivity contribution in [2.75, 3.05) is 48.1 Å². The zero-order valence-corrected chi connectivity index (χ0v) is 24.9. The second-order valence-electron chi connectivity index (χ2n) is 10.1. The van der Waals surface area contributed by atoms with Crippen molar-refractivity contribution in [2.24, 2.45) is 5.92 Å². The average molecular weight is 556 g/mol. The molecule has 0 fully saturated rings. The molecule has 1 amide bonds. The number of amides is 1. The number of carbonyl (C=O) groups is 1. The third kappa shape index (κ3) is 8.03. The molecule has 0 saturated heterocycles. The van der Waals surface area contributed by atoms with Crippen LogP contribution in [0.5, 0.6) is 23.0 Å². The van der Waals surface area contributed by atoms with E-state index in [1.807, 2.05) is 39.0 Å². The smallest absolute Gasteiger partial charge is 0.251 e. The molecule has 9 heteroatoms. The lowest BCUT2D eigenvalue weighted by Gasteiger charge is -2.33. The van der Waals surface area contributed by atoms with Crippen LogP contribution in [0, 0.1) is 17.2 Å². The zero-order chi connectivity index (χ0) is 29.7. The monoisotopic (exact) mass is 555 g/mol. The molecule has 9 nitrogen and oxygen atoms in total. The molecule has 0 spiro atoms. The van der Waals surface area contributed by atoms with Crippen molar-refractivity contribution in [3.63, 3.8) is 0 Å². The molecule has 0 aliphatic heterocycles. The molecule has 2 atom stereocenters. The van der Waals surface area contributed by atoms with E-state index in [2.05, 4.69) is 16.7 Å². The molecular weight excluding hydrogens is 510 g/mol. The van der Waals surface area contributed by atoms with Gasteiger partial charge in [0, 0.05) is 12.1 Å². The molecular formula is C31H45N3O6. The molecule has 0 saturated carbocycles. The summed E-state index contributed by atoms with van der Waals surface area (Å²) in [7, 11) is 6.25. The Morgan fingerprint density at radius 1 is 0.950 bits per heavy atom. The highest BCUT2D eigenvalue weighted by Gasteiger charge is 2.38. The van der Waals surface area contributed by atoms with Gasteiger partial charge in [-0.25, -0.2) is 0 Å². The molecule has 0 aliphatic carbocycles. The fourth-order valence-electron chi connectivity index (χ4n) is 4.80. The van der Waals surface area contributed by atoms with Gasteiger partial charge in [0.15, 0.2) is 23.0 Å². The van der Waals surface area contributed by atoms with Crippen LogP contribution in [0.3, 0.4) is 0 Å². The normalized spacial score (nSPS) is 13.2. The Labute approximate surface area is 238 Å². The SMILES string of the molecule is CCCNC(=O)c1cc(OC)c(OC)cc1CCNCCC(O)CC(C#N)(c1ccc(OC)c(OC)c1)C(C)C. The minimum atomic E-state index is -0.890. The summed E-state index contributed by atoms with van der Waals surface area (Å²) in [6, 6.07) is 11.5. The Kier molecular flexibility index (Phi) is 13.0. The van der Waals surface area contributed by atoms with Crippen molar-refractivity contribution >= 4 is 5.91 Å².